The second kappa shape index (κ2) is 8.12. The van der Waals surface area contributed by atoms with Gasteiger partial charge in [-0.05, 0) is 40.6 Å². The van der Waals surface area contributed by atoms with Gasteiger partial charge < -0.3 is 10.1 Å². The summed E-state index contributed by atoms with van der Waals surface area (Å²) < 4.78 is 5.74. The number of nitrogens with zero attached hydrogens (tertiary/aromatic N) is 3. The van der Waals surface area contributed by atoms with Crippen molar-refractivity contribution in [1.82, 2.24) is 9.97 Å². The molecule has 0 bridgehead atoms. The summed E-state index contributed by atoms with van der Waals surface area (Å²) in [4.78, 5) is 19.1. The average Bonchev–Trinajstić information content (AvgIpc) is 2.73. The van der Waals surface area contributed by atoms with Gasteiger partial charge in [0.2, 0.25) is 5.82 Å². The molecule has 0 aliphatic rings. The number of ether oxygens (including phenoxy) is 1. The molecule has 0 saturated heterocycles. The highest BCUT2D eigenvalue weighted by Gasteiger charge is 2.25. The third-order valence-corrected chi connectivity index (χ3v) is 4.53. The molecule has 8 heteroatoms. The minimum atomic E-state index is -0.555. The first-order valence-electron chi connectivity index (χ1n) is 8.74. The molecule has 1 N–H and O–H groups in total. The van der Waals surface area contributed by atoms with Crippen LogP contribution in [0.4, 0.5) is 11.5 Å². The fraction of sp³-hybridized carbons (Fsp3) is 0.0476. The Morgan fingerprint density at radius 2 is 1.76 bits per heavy atom. The highest BCUT2D eigenvalue weighted by Crippen LogP contribution is 2.35. The third kappa shape index (κ3) is 4.25. The molecule has 0 saturated carbocycles. The lowest BCUT2D eigenvalue weighted by molar-refractivity contribution is -0.385. The van der Waals surface area contributed by atoms with Crippen molar-refractivity contribution in [3.05, 3.63) is 93.8 Å². The van der Waals surface area contributed by atoms with Crippen molar-refractivity contribution in [2.75, 3.05) is 5.32 Å². The van der Waals surface area contributed by atoms with Gasteiger partial charge in [0.1, 0.15) is 12.1 Å². The molecule has 7 nitrogen and oxygen atoms in total. The molecule has 4 rings (SSSR count). The van der Waals surface area contributed by atoms with Crippen LogP contribution in [-0.2, 0) is 6.54 Å². The van der Waals surface area contributed by atoms with Crippen LogP contribution in [0.1, 0.15) is 5.56 Å². The van der Waals surface area contributed by atoms with E-state index in [9.17, 15) is 10.1 Å². The molecule has 0 aliphatic heterocycles. The van der Waals surface area contributed by atoms with E-state index >= 15 is 0 Å². The maximum Gasteiger partial charge on any atom is 0.373 e. The number of nitrogens with one attached hydrogen (secondary N) is 1. The van der Waals surface area contributed by atoms with E-state index in [2.05, 4.69) is 15.3 Å². The van der Waals surface area contributed by atoms with E-state index in [1.807, 2.05) is 48.5 Å². The van der Waals surface area contributed by atoms with Crippen molar-refractivity contribution < 1.29 is 9.66 Å². The summed E-state index contributed by atoms with van der Waals surface area (Å²) in [6.45, 7) is 0.338. The SMILES string of the molecule is O=[N+]([O-])c1c(NCc2ccc(Cl)cc2)ncnc1Oc1ccc2ccccc2c1. The highest BCUT2D eigenvalue weighted by molar-refractivity contribution is 6.30. The molecule has 29 heavy (non-hydrogen) atoms. The molecule has 0 spiro atoms. The van der Waals surface area contributed by atoms with E-state index < -0.39 is 4.92 Å². The van der Waals surface area contributed by atoms with E-state index in [-0.39, 0.29) is 17.4 Å². The average molecular weight is 407 g/mol. The molecule has 0 fully saturated rings. The summed E-state index contributed by atoms with van der Waals surface area (Å²) in [5.74, 6) is 0.406. The molecular weight excluding hydrogens is 392 g/mol. The molecule has 0 amide bonds. The van der Waals surface area contributed by atoms with Crippen LogP contribution in [0, 0.1) is 10.1 Å². The van der Waals surface area contributed by atoms with Crippen LogP contribution in [0.3, 0.4) is 0 Å². The van der Waals surface area contributed by atoms with Crippen molar-refractivity contribution in [2.24, 2.45) is 0 Å². The summed E-state index contributed by atoms with van der Waals surface area (Å²) in [6, 6.07) is 20.4. The monoisotopic (exact) mass is 406 g/mol. The van der Waals surface area contributed by atoms with Gasteiger partial charge in [-0.1, -0.05) is 54.1 Å². The van der Waals surface area contributed by atoms with Gasteiger partial charge in [-0.15, -0.1) is 0 Å². The number of hydrogen-bond acceptors (Lipinski definition) is 6. The van der Waals surface area contributed by atoms with Gasteiger partial charge in [-0.3, -0.25) is 10.1 Å². The normalized spacial score (nSPS) is 10.7. The van der Waals surface area contributed by atoms with Gasteiger partial charge in [-0.2, -0.15) is 4.98 Å². The predicted molar refractivity (Wildman–Crippen MR) is 111 cm³/mol. The number of aromatic nitrogens is 2. The summed E-state index contributed by atoms with van der Waals surface area (Å²) in [7, 11) is 0. The van der Waals surface area contributed by atoms with Crippen LogP contribution in [0.5, 0.6) is 11.6 Å². The Morgan fingerprint density at radius 3 is 2.52 bits per heavy atom. The zero-order valence-electron chi connectivity index (χ0n) is 15.1. The van der Waals surface area contributed by atoms with E-state index in [1.54, 1.807) is 18.2 Å². The Kier molecular flexibility index (Phi) is 5.22. The van der Waals surface area contributed by atoms with Crippen LogP contribution in [-0.4, -0.2) is 14.9 Å². The van der Waals surface area contributed by atoms with Gasteiger partial charge >= 0.3 is 11.6 Å². The maximum absolute atomic E-state index is 11.7. The van der Waals surface area contributed by atoms with Gasteiger partial charge in [0.05, 0.1) is 4.92 Å². The van der Waals surface area contributed by atoms with Crippen LogP contribution in [0.25, 0.3) is 10.8 Å². The topological polar surface area (TPSA) is 90.2 Å². The minimum Gasteiger partial charge on any atom is -0.434 e. The minimum absolute atomic E-state index is 0.0794. The zero-order chi connectivity index (χ0) is 20.2. The van der Waals surface area contributed by atoms with E-state index in [1.165, 1.54) is 6.33 Å². The van der Waals surface area contributed by atoms with Gasteiger partial charge in [0.15, 0.2) is 0 Å². The van der Waals surface area contributed by atoms with Crippen LogP contribution >= 0.6 is 11.6 Å². The molecular formula is C21H15ClN4O3. The molecule has 0 unspecified atom stereocenters. The van der Waals surface area contributed by atoms with E-state index in [0.29, 0.717) is 17.3 Å². The lowest BCUT2D eigenvalue weighted by Gasteiger charge is -2.10. The largest absolute Gasteiger partial charge is 0.434 e. The number of anilines is 1. The smallest absolute Gasteiger partial charge is 0.373 e. The Hall–Kier alpha value is -3.71. The first-order chi connectivity index (χ1) is 14.1. The fourth-order valence-electron chi connectivity index (χ4n) is 2.86. The first-order valence-corrected chi connectivity index (χ1v) is 9.12. The summed E-state index contributed by atoms with van der Waals surface area (Å²) >= 11 is 5.88. The molecule has 0 radical (unpaired) electrons. The molecule has 144 valence electrons. The summed E-state index contributed by atoms with van der Waals surface area (Å²) in [5.41, 5.74) is 0.578. The zero-order valence-corrected chi connectivity index (χ0v) is 15.8. The van der Waals surface area contributed by atoms with Gasteiger partial charge in [-0.25, -0.2) is 4.98 Å². The number of rotatable bonds is 6. The van der Waals surface area contributed by atoms with Gasteiger partial charge in [0.25, 0.3) is 0 Å². The first kappa shape index (κ1) is 18.6. The Labute approximate surface area is 171 Å². The fourth-order valence-corrected chi connectivity index (χ4v) is 2.99. The van der Waals surface area contributed by atoms with E-state index in [4.69, 9.17) is 16.3 Å². The lowest BCUT2D eigenvalue weighted by atomic mass is 10.1. The second-order valence-electron chi connectivity index (χ2n) is 6.22. The van der Waals surface area contributed by atoms with E-state index in [0.717, 1.165) is 16.3 Å². The number of hydrogen-bond donors (Lipinski definition) is 1. The van der Waals surface area contributed by atoms with Crippen LogP contribution in [0.15, 0.2) is 73.1 Å². The van der Waals surface area contributed by atoms with Crippen LogP contribution < -0.4 is 10.1 Å². The molecule has 0 aliphatic carbocycles. The highest BCUT2D eigenvalue weighted by atomic mass is 35.5. The molecule has 0 atom stereocenters. The van der Waals surface area contributed by atoms with Crippen molar-refractivity contribution >= 4 is 33.9 Å². The Balaban J connectivity index is 1.61. The number of nitro groups is 1. The van der Waals surface area contributed by atoms with Crippen molar-refractivity contribution in [3.8, 4) is 11.6 Å². The van der Waals surface area contributed by atoms with Crippen LogP contribution in [0.2, 0.25) is 5.02 Å². The summed E-state index contributed by atoms with van der Waals surface area (Å²) in [5, 5.41) is 17.3. The van der Waals surface area contributed by atoms with Crippen molar-refractivity contribution in [1.29, 1.82) is 0 Å². The Morgan fingerprint density at radius 1 is 1.00 bits per heavy atom. The molecule has 3 aromatic carbocycles. The van der Waals surface area contributed by atoms with Crippen molar-refractivity contribution in [3.63, 3.8) is 0 Å². The summed E-state index contributed by atoms with van der Waals surface area (Å²) in [6.07, 6.45) is 1.23. The number of fused-ring (bicyclic) bond motifs is 1. The van der Waals surface area contributed by atoms with Gasteiger partial charge in [0, 0.05) is 11.6 Å². The number of benzene rings is 3. The predicted octanol–water partition coefficient (Wildman–Crippen LogP) is 5.60. The maximum atomic E-state index is 11.7. The second-order valence-corrected chi connectivity index (χ2v) is 6.66. The quantitative estimate of drug-likeness (QED) is 0.331. The molecule has 1 aromatic heterocycles. The third-order valence-electron chi connectivity index (χ3n) is 4.28. The lowest BCUT2D eigenvalue weighted by Crippen LogP contribution is -2.07. The molecule has 4 aromatic rings. The Bertz CT molecular complexity index is 1180. The van der Waals surface area contributed by atoms with Crippen molar-refractivity contribution in [2.45, 2.75) is 6.54 Å². The number of halogens is 1. The molecule has 1 heterocycles. The standard InChI is InChI=1S/C21H15ClN4O3/c22-17-8-5-14(6-9-17)12-23-20-19(26(27)28)21(25-13-24-20)29-18-10-7-15-3-1-2-4-16(15)11-18/h1-11,13H,12H2,(H,23,24,25).